The molecule has 0 spiro atoms. The highest BCUT2D eigenvalue weighted by molar-refractivity contribution is 9.10. The summed E-state index contributed by atoms with van der Waals surface area (Å²) in [5.74, 6) is 0. The lowest BCUT2D eigenvalue weighted by atomic mass is 10.3. The van der Waals surface area contributed by atoms with Gasteiger partial charge >= 0.3 is 0 Å². The number of halogens is 1. The topological polar surface area (TPSA) is 3.24 Å². The molecule has 0 aliphatic carbocycles. The lowest BCUT2D eigenvalue weighted by Crippen LogP contribution is -2.36. The molecular formula is C9H16BrNSi2. The van der Waals surface area contributed by atoms with Gasteiger partial charge in [-0.05, 0) is 28.1 Å². The fraction of sp³-hybridized carbons (Fsp3) is 0.333. The molecule has 0 heterocycles. The summed E-state index contributed by atoms with van der Waals surface area (Å²) in [4.78, 5) is 0. The van der Waals surface area contributed by atoms with Crippen molar-refractivity contribution in [1.82, 2.24) is 0 Å². The minimum Gasteiger partial charge on any atom is -0.431 e. The van der Waals surface area contributed by atoms with Crippen LogP contribution in [0.15, 0.2) is 28.7 Å². The van der Waals surface area contributed by atoms with Crippen LogP contribution in [0.3, 0.4) is 0 Å². The molecular weight excluding hydrogens is 258 g/mol. The monoisotopic (exact) mass is 273 g/mol. The molecule has 0 radical (unpaired) electrons. The van der Waals surface area contributed by atoms with Crippen molar-refractivity contribution in [1.29, 1.82) is 0 Å². The van der Waals surface area contributed by atoms with Crippen LogP contribution in [0.4, 0.5) is 5.69 Å². The van der Waals surface area contributed by atoms with E-state index in [-0.39, 0.29) is 9.68 Å². The van der Waals surface area contributed by atoms with E-state index < -0.39 is 8.96 Å². The first-order valence-electron chi connectivity index (χ1n) is 4.68. The summed E-state index contributed by atoms with van der Waals surface area (Å²) in [7, 11) is -0.749. The summed E-state index contributed by atoms with van der Waals surface area (Å²) in [6, 6.07) is 8.54. The van der Waals surface area contributed by atoms with Gasteiger partial charge in [0.2, 0.25) is 0 Å². The molecule has 1 nitrogen and oxygen atoms in total. The minimum absolute atomic E-state index is 0.0741. The van der Waals surface area contributed by atoms with Crippen molar-refractivity contribution >= 4 is 40.3 Å². The molecule has 1 aromatic carbocycles. The minimum atomic E-state index is -0.675. The fourth-order valence-electron chi connectivity index (χ4n) is 1.50. The summed E-state index contributed by atoms with van der Waals surface area (Å²) in [6.45, 7) is 7.12. The van der Waals surface area contributed by atoms with E-state index in [9.17, 15) is 0 Å². The van der Waals surface area contributed by atoms with Crippen LogP contribution in [-0.2, 0) is 0 Å². The Kier molecular flexibility index (Phi) is 4.21. The van der Waals surface area contributed by atoms with Gasteiger partial charge < -0.3 is 4.23 Å². The lowest BCUT2D eigenvalue weighted by Gasteiger charge is -2.28. The summed E-state index contributed by atoms with van der Waals surface area (Å²) < 4.78 is 3.88. The second-order valence-corrected chi connectivity index (χ2v) is 9.04. The molecule has 1 aromatic rings. The van der Waals surface area contributed by atoms with E-state index in [0.29, 0.717) is 0 Å². The number of hydrogen-bond donors (Lipinski definition) is 0. The van der Waals surface area contributed by atoms with Gasteiger partial charge in [-0.1, -0.05) is 31.8 Å². The Morgan fingerprint density at radius 3 is 2.38 bits per heavy atom. The van der Waals surface area contributed by atoms with Crippen molar-refractivity contribution in [2.45, 2.75) is 19.6 Å². The summed E-state index contributed by atoms with van der Waals surface area (Å²) in [5.41, 5.74) is 1.40. The number of para-hydroxylation sites is 1. The molecule has 0 N–H and O–H groups in total. The molecule has 0 atom stereocenters. The summed E-state index contributed by atoms with van der Waals surface area (Å²) in [5, 5.41) is 0. The van der Waals surface area contributed by atoms with Crippen LogP contribution in [-0.4, -0.2) is 18.6 Å². The summed E-state index contributed by atoms with van der Waals surface area (Å²) >= 11 is 3.61. The molecule has 0 aromatic heterocycles. The number of benzene rings is 1. The van der Waals surface area contributed by atoms with Gasteiger partial charge in [-0.3, -0.25) is 0 Å². The Hall–Kier alpha value is -0.0662. The molecule has 0 saturated heterocycles. The predicted molar refractivity (Wildman–Crippen MR) is 69.9 cm³/mol. The van der Waals surface area contributed by atoms with Gasteiger partial charge in [0.25, 0.3) is 0 Å². The zero-order chi connectivity index (χ0) is 9.84. The van der Waals surface area contributed by atoms with E-state index >= 15 is 0 Å². The maximum Gasteiger partial charge on any atom is 0.124 e. The van der Waals surface area contributed by atoms with Crippen LogP contribution in [0.1, 0.15) is 0 Å². The van der Waals surface area contributed by atoms with Crippen molar-refractivity contribution in [2.75, 3.05) is 4.23 Å². The van der Waals surface area contributed by atoms with Gasteiger partial charge in [0.05, 0.1) is 0 Å². The molecule has 0 aliphatic heterocycles. The maximum absolute atomic E-state index is 3.61. The largest absolute Gasteiger partial charge is 0.431 e. The zero-order valence-corrected chi connectivity index (χ0v) is 12.6. The molecule has 0 amide bonds. The van der Waals surface area contributed by atoms with E-state index in [0.717, 1.165) is 0 Å². The molecule has 72 valence electrons. The highest BCUT2D eigenvalue weighted by atomic mass is 79.9. The normalized spacial score (nSPS) is 11.5. The third kappa shape index (κ3) is 2.69. The highest BCUT2D eigenvalue weighted by Crippen LogP contribution is 2.25. The van der Waals surface area contributed by atoms with Gasteiger partial charge in [-0.2, -0.15) is 0 Å². The van der Waals surface area contributed by atoms with E-state index in [1.165, 1.54) is 10.2 Å². The van der Waals surface area contributed by atoms with Crippen molar-refractivity contribution in [2.24, 2.45) is 0 Å². The standard InChI is InChI=1S/C9H16BrNSi2/c1-12-11(13(2)3)9-7-5-4-6-8(9)10/h4-7,13H,12H2,1-3H3. The average molecular weight is 274 g/mol. The first-order valence-corrected chi connectivity index (χ1v) is 10.3. The van der Waals surface area contributed by atoms with Gasteiger partial charge in [-0.15, -0.1) is 0 Å². The maximum atomic E-state index is 3.61. The fourth-order valence-corrected chi connectivity index (χ4v) is 6.75. The first kappa shape index (κ1) is 11.0. The zero-order valence-electron chi connectivity index (χ0n) is 8.42. The number of anilines is 1. The van der Waals surface area contributed by atoms with E-state index in [2.05, 4.69) is 64.1 Å². The third-order valence-electron chi connectivity index (χ3n) is 2.13. The Morgan fingerprint density at radius 2 is 1.92 bits per heavy atom. The summed E-state index contributed by atoms with van der Waals surface area (Å²) in [6.07, 6.45) is 0. The van der Waals surface area contributed by atoms with Gasteiger partial charge in [0, 0.05) is 10.2 Å². The number of hydrogen-bond acceptors (Lipinski definition) is 1. The van der Waals surface area contributed by atoms with Crippen LogP contribution in [0.25, 0.3) is 0 Å². The highest BCUT2D eigenvalue weighted by Gasteiger charge is 2.10. The SMILES string of the molecule is C[SiH2]N(c1ccccc1Br)[SiH](C)C. The van der Waals surface area contributed by atoms with Crippen molar-refractivity contribution in [3.63, 3.8) is 0 Å². The van der Waals surface area contributed by atoms with E-state index in [1.807, 2.05) is 0 Å². The van der Waals surface area contributed by atoms with Crippen LogP contribution in [0, 0.1) is 0 Å². The average Bonchev–Trinajstić information content (AvgIpc) is 2.09. The van der Waals surface area contributed by atoms with Gasteiger partial charge in [0.1, 0.15) is 18.6 Å². The number of nitrogens with zero attached hydrogens (tertiary/aromatic N) is 1. The number of rotatable bonds is 3. The molecule has 13 heavy (non-hydrogen) atoms. The Labute approximate surface area is 92.9 Å². The quantitative estimate of drug-likeness (QED) is 0.765. The molecule has 0 unspecified atom stereocenters. The first-order chi connectivity index (χ1) is 6.16. The Morgan fingerprint density at radius 1 is 1.31 bits per heavy atom. The third-order valence-corrected chi connectivity index (χ3v) is 8.63. The van der Waals surface area contributed by atoms with Crippen LogP contribution < -0.4 is 4.23 Å². The Balaban J connectivity index is 2.97. The molecule has 4 heteroatoms. The lowest BCUT2D eigenvalue weighted by molar-refractivity contribution is 1.47. The van der Waals surface area contributed by atoms with Crippen LogP contribution in [0.5, 0.6) is 0 Å². The molecule has 0 aliphatic rings. The van der Waals surface area contributed by atoms with Crippen molar-refractivity contribution in [3.8, 4) is 0 Å². The van der Waals surface area contributed by atoms with Crippen LogP contribution in [0.2, 0.25) is 19.6 Å². The van der Waals surface area contributed by atoms with E-state index in [4.69, 9.17) is 0 Å². The second kappa shape index (κ2) is 4.98. The van der Waals surface area contributed by atoms with Crippen molar-refractivity contribution in [3.05, 3.63) is 28.7 Å². The van der Waals surface area contributed by atoms with Crippen LogP contribution >= 0.6 is 15.9 Å². The molecule has 0 bridgehead atoms. The smallest absolute Gasteiger partial charge is 0.124 e. The van der Waals surface area contributed by atoms with Crippen molar-refractivity contribution < 1.29 is 0 Å². The molecule has 1 rings (SSSR count). The second-order valence-electron chi connectivity index (χ2n) is 3.33. The van der Waals surface area contributed by atoms with Gasteiger partial charge in [-0.25, -0.2) is 0 Å². The molecule has 0 saturated carbocycles. The van der Waals surface area contributed by atoms with E-state index in [1.54, 1.807) is 0 Å². The Bertz CT molecular complexity index is 278. The predicted octanol–water partition coefficient (Wildman–Crippen LogP) is 2.37. The molecule has 0 fully saturated rings. The van der Waals surface area contributed by atoms with Gasteiger partial charge in [0.15, 0.2) is 0 Å².